The van der Waals surface area contributed by atoms with E-state index in [9.17, 15) is 14.9 Å². The number of amides is 1. The normalized spacial score (nSPS) is 12.6. The summed E-state index contributed by atoms with van der Waals surface area (Å²) in [5.74, 6) is -0.157. The quantitative estimate of drug-likeness (QED) is 0.651. The van der Waals surface area contributed by atoms with Gasteiger partial charge in [0.2, 0.25) is 5.91 Å². The van der Waals surface area contributed by atoms with Gasteiger partial charge < -0.3 is 9.88 Å². The molecule has 7 nitrogen and oxygen atoms in total. The second-order valence-corrected chi connectivity index (χ2v) is 6.85. The van der Waals surface area contributed by atoms with Crippen LogP contribution in [0.3, 0.4) is 0 Å². The number of benzene rings is 1. The molecule has 128 valence electrons. The maximum Gasteiger partial charge on any atom is 0.269 e. The third kappa shape index (κ3) is 4.91. The molecule has 0 fully saturated rings. The van der Waals surface area contributed by atoms with Crippen LogP contribution in [-0.4, -0.2) is 26.4 Å². The lowest BCUT2D eigenvalue weighted by Crippen LogP contribution is -2.46. The molecular weight excluding hydrogens is 308 g/mol. The molecule has 0 saturated heterocycles. The Morgan fingerprint density at radius 1 is 1.42 bits per heavy atom. The highest BCUT2D eigenvalue weighted by Gasteiger charge is 2.26. The van der Waals surface area contributed by atoms with E-state index in [0.29, 0.717) is 12.1 Å². The Morgan fingerprint density at radius 2 is 2.17 bits per heavy atom. The number of hydrogen-bond acceptors (Lipinski definition) is 4. The van der Waals surface area contributed by atoms with Crippen LogP contribution >= 0.6 is 0 Å². The molecule has 2 aromatic rings. The maximum atomic E-state index is 12.4. The van der Waals surface area contributed by atoms with Crippen molar-refractivity contribution in [2.45, 2.75) is 39.8 Å². The second-order valence-electron chi connectivity index (χ2n) is 6.85. The molecule has 1 heterocycles. The molecule has 0 aliphatic rings. The number of imidazole rings is 1. The van der Waals surface area contributed by atoms with E-state index < -0.39 is 4.92 Å². The van der Waals surface area contributed by atoms with Crippen molar-refractivity contribution in [2.24, 2.45) is 5.41 Å². The molecule has 0 aliphatic heterocycles. The summed E-state index contributed by atoms with van der Waals surface area (Å²) in [5.41, 5.74) is 0.478. The van der Waals surface area contributed by atoms with E-state index in [0.717, 1.165) is 0 Å². The molecule has 1 atom stereocenters. The van der Waals surface area contributed by atoms with Crippen molar-refractivity contribution in [3.8, 4) is 0 Å². The summed E-state index contributed by atoms with van der Waals surface area (Å²) >= 11 is 0. The molecule has 7 heteroatoms. The molecule has 0 bridgehead atoms. The van der Waals surface area contributed by atoms with Crippen molar-refractivity contribution in [3.05, 3.63) is 58.7 Å². The Bertz CT molecular complexity index is 705. The number of nitro groups is 1. The molecule has 24 heavy (non-hydrogen) atoms. The van der Waals surface area contributed by atoms with Gasteiger partial charge in [0.15, 0.2) is 0 Å². The highest BCUT2D eigenvalue weighted by Crippen LogP contribution is 2.21. The lowest BCUT2D eigenvalue weighted by atomic mass is 9.86. The van der Waals surface area contributed by atoms with Gasteiger partial charge in [-0.2, -0.15) is 0 Å². The van der Waals surface area contributed by atoms with E-state index >= 15 is 0 Å². The first-order chi connectivity index (χ1) is 11.3. The minimum Gasteiger partial charge on any atom is -0.351 e. The molecule has 1 aromatic carbocycles. The zero-order valence-electron chi connectivity index (χ0n) is 14.1. The van der Waals surface area contributed by atoms with Gasteiger partial charge in [-0.15, -0.1) is 0 Å². The van der Waals surface area contributed by atoms with Crippen LogP contribution < -0.4 is 5.32 Å². The summed E-state index contributed by atoms with van der Waals surface area (Å²) in [4.78, 5) is 26.8. The van der Waals surface area contributed by atoms with E-state index in [1.807, 2.05) is 10.8 Å². The van der Waals surface area contributed by atoms with Crippen molar-refractivity contribution in [1.29, 1.82) is 0 Å². The Labute approximate surface area is 140 Å². The number of nitro benzene ring substituents is 1. The number of nitrogens with one attached hydrogen (secondary N) is 1. The third-order valence-electron chi connectivity index (χ3n) is 3.82. The minimum absolute atomic E-state index is 0.00825. The monoisotopic (exact) mass is 330 g/mol. The molecule has 0 radical (unpaired) electrons. The molecule has 1 N–H and O–H groups in total. The maximum absolute atomic E-state index is 12.4. The smallest absolute Gasteiger partial charge is 0.269 e. The predicted molar refractivity (Wildman–Crippen MR) is 90.4 cm³/mol. The fourth-order valence-electron chi connectivity index (χ4n) is 2.35. The van der Waals surface area contributed by atoms with Crippen LogP contribution in [0, 0.1) is 15.5 Å². The number of non-ortho nitro benzene ring substituents is 1. The Morgan fingerprint density at radius 3 is 2.75 bits per heavy atom. The predicted octanol–water partition coefficient (Wildman–Crippen LogP) is 2.56. The number of hydrogen-bond donors (Lipinski definition) is 1. The summed E-state index contributed by atoms with van der Waals surface area (Å²) in [6, 6.07) is 6.07. The Balaban J connectivity index is 2.05. The SMILES string of the molecule is CC(C)(C)[C@@H](Cn1ccnc1)NC(=O)Cc1cccc([N+](=O)[O-])c1. The van der Waals surface area contributed by atoms with Gasteiger partial charge in [-0.3, -0.25) is 14.9 Å². The minimum atomic E-state index is -0.460. The van der Waals surface area contributed by atoms with Gasteiger partial charge in [0.1, 0.15) is 0 Å². The van der Waals surface area contributed by atoms with Crippen LogP contribution in [0.25, 0.3) is 0 Å². The van der Waals surface area contributed by atoms with Crippen LogP contribution in [0.2, 0.25) is 0 Å². The van der Waals surface area contributed by atoms with Crippen LogP contribution in [0.1, 0.15) is 26.3 Å². The lowest BCUT2D eigenvalue weighted by Gasteiger charge is -2.31. The van der Waals surface area contributed by atoms with Crippen molar-refractivity contribution in [3.63, 3.8) is 0 Å². The zero-order valence-corrected chi connectivity index (χ0v) is 14.1. The fraction of sp³-hybridized carbons (Fsp3) is 0.412. The van der Waals surface area contributed by atoms with E-state index in [-0.39, 0.29) is 29.5 Å². The van der Waals surface area contributed by atoms with Crippen molar-refractivity contribution in [2.75, 3.05) is 0 Å². The highest BCUT2D eigenvalue weighted by atomic mass is 16.6. The number of nitrogens with zero attached hydrogens (tertiary/aromatic N) is 3. The molecule has 0 aliphatic carbocycles. The average Bonchev–Trinajstić information content (AvgIpc) is 2.99. The standard InChI is InChI=1S/C17H22N4O3/c1-17(2,3)15(11-20-8-7-18-12-20)19-16(22)10-13-5-4-6-14(9-13)21(23)24/h4-9,12,15H,10-11H2,1-3H3,(H,19,22)/t15-/m1/s1. The van der Waals surface area contributed by atoms with Gasteiger partial charge in [-0.05, 0) is 11.0 Å². The van der Waals surface area contributed by atoms with Gasteiger partial charge in [-0.1, -0.05) is 32.9 Å². The molecule has 0 spiro atoms. The largest absolute Gasteiger partial charge is 0.351 e. The van der Waals surface area contributed by atoms with Crippen LogP contribution in [-0.2, 0) is 17.8 Å². The molecule has 0 saturated carbocycles. The Kier molecular flexibility index (Phi) is 5.33. The molecule has 1 aromatic heterocycles. The molecule has 0 unspecified atom stereocenters. The van der Waals surface area contributed by atoms with Crippen molar-refractivity contribution >= 4 is 11.6 Å². The van der Waals surface area contributed by atoms with Crippen LogP contribution in [0.4, 0.5) is 5.69 Å². The fourth-order valence-corrected chi connectivity index (χ4v) is 2.35. The molecule has 1 amide bonds. The third-order valence-corrected chi connectivity index (χ3v) is 3.82. The summed E-state index contributed by atoms with van der Waals surface area (Å²) < 4.78 is 1.92. The first-order valence-corrected chi connectivity index (χ1v) is 7.74. The zero-order chi connectivity index (χ0) is 17.7. The van der Waals surface area contributed by atoms with E-state index in [4.69, 9.17) is 0 Å². The summed E-state index contributed by atoms with van der Waals surface area (Å²) in [6.45, 7) is 6.79. The van der Waals surface area contributed by atoms with E-state index in [2.05, 4.69) is 31.1 Å². The van der Waals surface area contributed by atoms with Crippen molar-refractivity contribution < 1.29 is 9.72 Å². The summed E-state index contributed by atoms with van der Waals surface area (Å²) in [6.07, 6.45) is 5.37. The highest BCUT2D eigenvalue weighted by molar-refractivity contribution is 5.79. The second kappa shape index (κ2) is 7.25. The van der Waals surface area contributed by atoms with Gasteiger partial charge in [0.05, 0.1) is 23.7 Å². The average molecular weight is 330 g/mol. The lowest BCUT2D eigenvalue weighted by molar-refractivity contribution is -0.384. The van der Waals surface area contributed by atoms with Crippen LogP contribution in [0.5, 0.6) is 0 Å². The summed E-state index contributed by atoms with van der Waals surface area (Å²) in [7, 11) is 0. The first-order valence-electron chi connectivity index (χ1n) is 7.74. The van der Waals surface area contributed by atoms with Gasteiger partial charge in [0.25, 0.3) is 5.69 Å². The Hall–Kier alpha value is -2.70. The van der Waals surface area contributed by atoms with Crippen molar-refractivity contribution in [1.82, 2.24) is 14.9 Å². The first kappa shape index (κ1) is 17.7. The van der Waals surface area contributed by atoms with Gasteiger partial charge >= 0.3 is 0 Å². The number of carbonyl (C=O) groups is 1. The summed E-state index contributed by atoms with van der Waals surface area (Å²) in [5, 5.41) is 13.9. The molecular formula is C17H22N4O3. The number of rotatable bonds is 6. The van der Waals surface area contributed by atoms with Gasteiger partial charge in [-0.25, -0.2) is 4.98 Å². The number of aromatic nitrogens is 2. The van der Waals surface area contributed by atoms with Crippen LogP contribution in [0.15, 0.2) is 43.0 Å². The topological polar surface area (TPSA) is 90.1 Å². The number of carbonyl (C=O) groups excluding carboxylic acids is 1. The molecule has 2 rings (SSSR count). The van der Waals surface area contributed by atoms with E-state index in [1.165, 1.54) is 12.1 Å². The van der Waals surface area contributed by atoms with Gasteiger partial charge in [0, 0.05) is 31.1 Å². The van der Waals surface area contributed by atoms with E-state index in [1.54, 1.807) is 24.7 Å².